The smallest absolute Gasteiger partial charge is 0.429 e. The Hall–Kier alpha value is -2.77. The van der Waals surface area contributed by atoms with E-state index in [-0.39, 0.29) is 22.9 Å². The minimum Gasteiger partial charge on any atom is -0.429 e. The van der Waals surface area contributed by atoms with E-state index in [1.807, 2.05) is 0 Å². The molecule has 0 heterocycles. The van der Waals surface area contributed by atoms with Crippen molar-refractivity contribution in [1.82, 2.24) is 0 Å². The lowest BCUT2D eigenvalue weighted by molar-refractivity contribution is -0.187. The maximum absolute atomic E-state index is 14.3. The van der Waals surface area contributed by atoms with Gasteiger partial charge in [-0.05, 0) is 24.4 Å². The molecule has 8 heteroatoms. The van der Waals surface area contributed by atoms with Crippen LogP contribution < -0.4 is 4.74 Å². The molecule has 0 aliphatic rings. The highest BCUT2D eigenvalue weighted by molar-refractivity contribution is 5.84. The first-order chi connectivity index (χ1) is 12.1. The number of aryl methyl sites for hydroxylation is 1. The van der Waals surface area contributed by atoms with E-state index in [0.29, 0.717) is 11.6 Å². The minimum absolute atomic E-state index is 0.0238. The highest BCUT2D eigenvalue weighted by atomic mass is 19.3. The van der Waals surface area contributed by atoms with E-state index in [0.717, 1.165) is 0 Å². The average Bonchev–Trinajstić information content (AvgIpc) is 2.55. The number of fused-ring (bicyclic) bond motifs is 1. The quantitative estimate of drug-likeness (QED) is 0.405. The van der Waals surface area contributed by atoms with Crippen LogP contribution in [0.15, 0.2) is 36.4 Å². The molecule has 0 atom stereocenters. The summed E-state index contributed by atoms with van der Waals surface area (Å²) >= 11 is 0. The van der Waals surface area contributed by atoms with Gasteiger partial charge in [0.1, 0.15) is 11.3 Å². The van der Waals surface area contributed by atoms with Gasteiger partial charge in [0.25, 0.3) is 0 Å². The van der Waals surface area contributed by atoms with Gasteiger partial charge in [-0.25, -0.2) is 22.0 Å². The maximum Gasteiger partial charge on any atom is 0.429 e. The molecule has 3 rings (SSSR count). The van der Waals surface area contributed by atoms with Gasteiger partial charge in [-0.1, -0.05) is 17.7 Å². The first-order valence-electron chi connectivity index (χ1n) is 7.20. The Labute approximate surface area is 142 Å². The van der Waals surface area contributed by atoms with E-state index >= 15 is 0 Å². The molecule has 0 N–H and O–H groups in total. The molecule has 3 aromatic rings. The number of alkyl halides is 2. The van der Waals surface area contributed by atoms with Gasteiger partial charge in [0.15, 0.2) is 29.1 Å². The summed E-state index contributed by atoms with van der Waals surface area (Å²) in [6, 6.07) is 5.11. The molecule has 0 spiro atoms. The summed E-state index contributed by atoms with van der Waals surface area (Å²) < 4.78 is 100. The molecule has 0 aromatic heterocycles. The first-order valence-corrected chi connectivity index (χ1v) is 7.20. The van der Waals surface area contributed by atoms with Crippen molar-refractivity contribution < 1.29 is 35.5 Å². The SMILES string of the molecule is Cc1ccc2cc(C(F)(F)Oc3cc(F)c(F)c(F)c3)c(F)c(F)c2c1. The molecule has 1 nitrogen and oxygen atoms in total. The van der Waals surface area contributed by atoms with Crippen LogP contribution in [0, 0.1) is 36.0 Å². The third-order valence-corrected chi connectivity index (χ3v) is 3.69. The second kappa shape index (κ2) is 6.19. The van der Waals surface area contributed by atoms with E-state index in [2.05, 4.69) is 4.74 Å². The Morgan fingerprint density at radius 2 is 1.38 bits per heavy atom. The van der Waals surface area contributed by atoms with Crippen LogP contribution in [-0.2, 0) is 6.11 Å². The zero-order chi connectivity index (χ0) is 19.2. The van der Waals surface area contributed by atoms with Gasteiger partial charge >= 0.3 is 6.11 Å². The van der Waals surface area contributed by atoms with Gasteiger partial charge in [-0.15, -0.1) is 0 Å². The Morgan fingerprint density at radius 3 is 2.00 bits per heavy atom. The molecule has 0 amide bonds. The summed E-state index contributed by atoms with van der Waals surface area (Å²) in [5, 5.41) is -0.231. The number of benzene rings is 3. The summed E-state index contributed by atoms with van der Waals surface area (Å²) in [5.41, 5.74) is -0.875. The van der Waals surface area contributed by atoms with E-state index in [4.69, 9.17) is 0 Å². The summed E-state index contributed by atoms with van der Waals surface area (Å²) in [6.07, 6.45) is -4.47. The highest BCUT2D eigenvalue weighted by Crippen LogP contribution is 2.37. The Kier molecular flexibility index (Phi) is 4.29. The van der Waals surface area contributed by atoms with Crippen molar-refractivity contribution in [2.45, 2.75) is 13.0 Å². The van der Waals surface area contributed by atoms with Crippen molar-refractivity contribution >= 4 is 10.8 Å². The zero-order valence-corrected chi connectivity index (χ0v) is 13.0. The second-order valence-electron chi connectivity index (χ2n) is 5.60. The zero-order valence-electron chi connectivity index (χ0n) is 13.0. The van der Waals surface area contributed by atoms with E-state index < -0.39 is 46.5 Å². The van der Waals surface area contributed by atoms with Gasteiger partial charge in [-0.3, -0.25) is 0 Å². The van der Waals surface area contributed by atoms with Gasteiger partial charge in [0, 0.05) is 17.5 Å². The number of rotatable bonds is 3. The molecule has 0 fully saturated rings. The highest BCUT2D eigenvalue weighted by Gasteiger charge is 2.40. The summed E-state index contributed by atoms with van der Waals surface area (Å²) in [7, 11) is 0. The van der Waals surface area contributed by atoms with Crippen molar-refractivity contribution in [2.24, 2.45) is 0 Å². The monoisotopic (exact) mass is 374 g/mol. The lowest BCUT2D eigenvalue weighted by Crippen LogP contribution is -2.24. The number of hydrogen-bond donors (Lipinski definition) is 0. The Balaban J connectivity index is 2.09. The molecule has 26 heavy (non-hydrogen) atoms. The van der Waals surface area contributed by atoms with Crippen LogP contribution in [0.2, 0.25) is 0 Å². The molecular weight excluding hydrogens is 365 g/mol. The predicted octanol–water partition coefficient (Wildman–Crippen LogP) is 5.97. The lowest BCUT2D eigenvalue weighted by atomic mass is 10.0. The van der Waals surface area contributed by atoms with Crippen molar-refractivity contribution in [3.63, 3.8) is 0 Å². The van der Waals surface area contributed by atoms with Crippen molar-refractivity contribution in [2.75, 3.05) is 0 Å². The van der Waals surface area contributed by atoms with Crippen LogP contribution in [0.4, 0.5) is 30.7 Å². The molecule has 0 saturated carbocycles. The van der Waals surface area contributed by atoms with Crippen LogP contribution >= 0.6 is 0 Å². The van der Waals surface area contributed by atoms with Crippen molar-refractivity contribution in [3.8, 4) is 5.75 Å². The molecule has 0 aliphatic carbocycles. The van der Waals surface area contributed by atoms with E-state index in [9.17, 15) is 30.7 Å². The normalized spacial score (nSPS) is 11.8. The van der Waals surface area contributed by atoms with Crippen molar-refractivity contribution in [1.29, 1.82) is 0 Å². The van der Waals surface area contributed by atoms with Crippen LogP contribution in [-0.4, -0.2) is 0 Å². The van der Waals surface area contributed by atoms with Crippen molar-refractivity contribution in [3.05, 3.63) is 76.6 Å². The third-order valence-electron chi connectivity index (χ3n) is 3.69. The second-order valence-corrected chi connectivity index (χ2v) is 5.60. The number of halogens is 7. The number of hydrogen-bond acceptors (Lipinski definition) is 1. The number of ether oxygens (including phenoxy) is 1. The molecule has 0 bridgehead atoms. The standard InChI is InChI=1S/C18H9F7O/c1-8-2-3-9-5-12(16(22)15(21)11(9)4-8)18(24,25)26-10-6-13(19)17(23)14(20)7-10/h2-7H,1H3. The molecule has 0 unspecified atom stereocenters. The molecular formula is C18H9F7O. The van der Waals surface area contributed by atoms with Crippen LogP contribution in [0.3, 0.4) is 0 Å². The van der Waals surface area contributed by atoms with Crippen LogP contribution in [0.25, 0.3) is 10.8 Å². The van der Waals surface area contributed by atoms with Gasteiger partial charge in [0.2, 0.25) is 0 Å². The van der Waals surface area contributed by atoms with E-state index in [1.54, 1.807) is 6.92 Å². The largest absolute Gasteiger partial charge is 0.429 e. The fraction of sp³-hybridized carbons (Fsp3) is 0.111. The maximum atomic E-state index is 14.3. The molecule has 136 valence electrons. The fourth-order valence-corrected chi connectivity index (χ4v) is 2.45. The minimum atomic E-state index is -4.47. The van der Waals surface area contributed by atoms with Crippen LogP contribution in [0.1, 0.15) is 11.1 Å². The van der Waals surface area contributed by atoms with E-state index in [1.165, 1.54) is 18.2 Å². The van der Waals surface area contributed by atoms with Gasteiger partial charge in [0.05, 0.1) is 0 Å². The fourth-order valence-electron chi connectivity index (χ4n) is 2.45. The first kappa shape index (κ1) is 18.0. The summed E-state index contributed by atoms with van der Waals surface area (Å²) in [5.74, 6) is -9.88. The molecule has 0 saturated heterocycles. The average molecular weight is 374 g/mol. The molecule has 0 radical (unpaired) electrons. The topological polar surface area (TPSA) is 9.23 Å². The summed E-state index contributed by atoms with van der Waals surface area (Å²) in [6.45, 7) is 1.61. The Bertz CT molecular complexity index is 991. The van der Waals surface area contributed by atoms with Crippen LogP contribution in [0.5, 0.6) is 5.75 Å². The predicted molar refractivity (Wildman–Crippen MR) is 79.4 cm³/mol. The molecule has 3 aromatic carbocycles. The summed E-state index contributed by atoms with van der Waals surface area (Å²) in [4.78, 5) is 0. The van der Waals surface area contributed by atoms with Gasteiger partial charge in [-0.2, -0.15) is 8.78 Å². The van der Waals surface area contributed by atoms with Gasteiger partial charge < -0.3 is 4.74 Å². The Morgan fingerprint density at radius 1 is 0.769 bits per heavy atom. The third kappa shape index (κ3) is 3.07. The lowest BCUT2D eigenvalue weighted by Gasteiger charge is -2.20. The molecule has 0 aliphatic heterocycles.